The summed E-state index contributed by atoms with van der Waals surface area (Å²) in [5.41, 5.74) is 2.17. The van der Waals surface area contributed by atoms with Crippen LogP contribution in [0, 0.1) is 0 Å². The van der Waals surface area contributed by atoms with Gasteiger partial charge < -0.3 is 20.1 Å². The molecule has 0 saturated carbocycles. The summed E-state index contributed by atoms with van der Waals surface area (Å²) in [6.07, 6.45) is 4.01. The Morgan fingerprint density at radius 2 is 1.96 bits per heavy atom. The molecule has 0 radical (unpaired) electrons. The normalized spacial score (nSPS) is 10.2. The molecule has 1 aromatic heterocycles. The molecule has 24 heavy (non-hydrogen) atoms. The molecular weight excluding hydrogens is 306 g/mol. The molecule has 0 atom stereocenters. The van der Waals surface area contributed by atoms with Crippen LogP contribution in [0.1, 0.15) is 23.7 Å². The first kappa shape index (κ1) is 17.7. The first-order valence-corrected chi connectivity index (χ1v) is 7.95. The van der Waals surface area contributed by atoms with Gasteiger partial charge in [0.25, 0.3) is 5.91 Å². The minimum Gasteiger partial charge on any atom is -0.494 e. The second kappa shape index (κ2) is 9.52. The van der Waals surface area contributed by atoms with E-state index < -0.39 is 0 Å². The van der Waals surface area contributed by atoms with Crippen molar-refractivity contribution in [3.63, 3.8) is 0 Å². The quantitative estimate of drug-likeness (QED) is 0.692. The number of anilines is 2. The van der Waals surface area contributed by atoms with Crippen molar-refractivity contribution in [1.82, 2.24) is 10.3 Å². The van der Waals surface area contributed by atoms with Crippen LogP contribution >= 0.6 is 0 Å². The summed E-state index contributed by atoms with van der Waals surface area (Å²) in [5.74, 6) is 0.680. The lowest BCUT2D eigenvalue weighted by molar-refractivity contribution is 0.0948. The highest BCUT2D eigenvalue weighted by Crippen LogP contribution is 2.20. The van der Waals surface area contributed by atoms with Crippen LogP contribution in [0.15, 0.2) is 42.7 Å². The van der Waals surface area contributed by atoms with Gasteiger partial charge in [0.1, 0.15) is 5.75 Å². The molecule has 0 bridgehead atoms. The minimum atomic E-state index is -0.144. The lowest BCUT2D eigenvalue weighted by Gasteiger charge is -2.09. The summed E-state index contributed by atoms with van der Waals surface area (Å²) in [5, 5.41) is 6.07. The predicted molar refractivity (Wildman–Crippen MR) is 94.0 cm³/mol. The SMILES string of the molecule is CCOc1ccc(Nc2cncc(C(=O)NCCCOC)c2)cc1. The fourth-order valence-electron chi connectivity index (χ4n) is 2.12. The van der Waals surface area contributed by atoms with E-state index in [2.05, 4.69) is 15.6 Å². The van der Waals surface area contributed by atoms with Crippen molar-refractivity contribution in [3.8, 4) is 5.75 Å². The first-order valence-electron chi connectivity index (χ1n) is 7.95. The molecule has 0 aliphatic heterocycles. The number of hydrogen-bond donors (Lipinski definition) is 2. The lowest BCUT2D eigenvalue weighted by atomic mass is 10.2. The van der Waals surface area contributed by atoms with E-state index in [-0.39, 0.29) is 5.91 Å². The lowest BCUT2D eigenvalue weighted by Crippen LogP contribution is -2.25. The monoisotopic (exact) mass is 329 g/mol. The summed E-state index contributed by atoms with van der Waals surface area (Å²) < 4.78 is 10.4. The van der Waals surface area contributed by atoms with Crippen LogP contribution < -0.4 is 15.4 Å². The summed E-state index contributed by atoms with van der Waals surface area (Å²) >= 11 is 0. The Labute approximate surface area is 142 Å². The van der Waals surface area contributed by atoms with Crippen molar-refractivity contribution in [2.24, 2.45) is 0 Å². The van der Waals surface area contributed by atoms with E-state index in [9.17, 15) is 4.79 Å². The molecule has 2 rings (SSSR count). The number of benzene rings is 1. The zero-order valence-electron chi connectivity index (χ0n) is 14.0. The number of ether oxygens (including phenoxy) is 2. The molecule has 0 fully saturated rings. The van der Waals surface area contributed by atoms with Crippen LogP contribution in [0.2, 0.25) is 0 Å². The van der Waals surface area contributed by atoms with Gasteiger partial charge in [-0.3, -0.25) is 9.78 Å². The molecule has 1 aromatic carbocycles. The Hall–Kier alpha value is -2.60. The Morgan fingerprint density at radius 3 is 2.67 bits per heavy atom. The van der Waals surface area contributed by atoms with E-state index in [0.29, 0.717) is 25.3 Å². The minimum absolute atomic E-state index is 0.144. The first-order chi connectivity index (χ1) is 11.7. The van der Waals surface area contributed by atoms with Gasteiger partial charge in [0.2, 0.25) is 0 Å². The van der Waals surface area contributed by atoms with Gasteiger partial charge in [0.05, 0.1) is 24.1 Å². The molecule has 2 N–H and O–H groups in total. The summed E-state index contributed by atoms with van der Waals surface area (Å²) in [6, 6.07) is 9.40. The van der Waals surface area contributed by atoms with E-state index in [4.69, 9.17) is 9.47 Å². The molecular formula is C18H23N3O3. The third kappa shape index (κ3) is 5.55. The van der Waals surface area contributed by atoms with E-state index in [1.165, 1.54) is 0 Å². The number of hydrogen-bond acceptors (Lipinski definition) is 5. The molecule has 0 aliphatic carbocycles. The molecule has 0 aliphatic rings. The van der Waals surface area contributed by atoms with Crippen LogP contribution in [0.4, 0.5) is 11.4 Å². The van der Waals surface area contributed by atoms with Crippen molar-refractivity contribution in [3.05, 3.63) is 48.3 Å². The average Bonchev–Trinajstić information content (AvgIpc) is 2.61. The van der Waals surface area contributed by atoms with Crippen molar-refractivity contribution >= 4 is 17.3 Å². The van der Waals surface area contributed by atoms with Gasteiger partial charge in [0.15, 0.2) is 0 Å². The number of nitrogens with zero attached hydrogens (tertiary/aromatic N) is 1. The number of carbonyl (C=O) groups is 1. The number of amides is 1. The molecule has 6 nitrogen and oxygen atoms in total. The van der Waals surface area contributed by atoms with Crippen LogP contribution in [-0.2, 0) is 4.74 Å². The van der Waals surface area contributed by atoms with Gasteiger partial charge in [-0.15, -0.1) is 0 Å². The van der Waals surface area contributed by atoms with Gasteiger partial charge in [0, 0.05) is 32.1 Å². The van der Waals surface area contributed by atoms with E-state index >= 15 is 0 Å². The van der Waals surface area contributed by atoms with Crippen molar-refractivity contribution in [1.29, 1.82) is 0 Å². The maximum Gasteiger partial charge on any atom is 0.252 e. The molecule has 0 spiro atoms. The van der Waals surface area contributed by atoms with E-state index in [1.54, 1.807) is 25.6 Å². The third-order valence-corrected chi connectivity index (χ3v) is 3.27. The summed E-state index contributed by atoms with van der Waals surface area (Å²) in [4.78, 5) is 16.2. The number of pyridine rings is 1. The van der Waals surface area contributed by atoms with E-state index in [1.807, 2.05) is 31.2 Å². The Balaban J connectivity index is 1.95. The largest absolute Gasteiger partial charge is 0.494 e. The van der Waals surface area contributed by atoms with Gasteiger partial charge >= 0.3 is 0 Å². The maximum absolute atomic E-state index is 12.1. The fourth-order valence-corrected chi connectivity index (χ4v) is 2.12. The average molecular weight is 329 g/mol. The third-order valence-electron chi connectivity index (χ3n) is 3.27. The van der Waals surface area contributed by atoms with Crippen molar-refractivity contribution in [2.75, 3.05) is 32.2 Å². The molecule has 2 aromatic rings. The second-order valence-electron chi connectivity index (χ2n) is 5.15. The topological polar surface area (TPSA) is 72.5 Å². The Kier molecular flexibility index (Phi) is 7.04. The van der Waals surface area contributed by atoms with Gasteiger partial charge in [-0.05, 0) is 43.7 Å². The number of carbonyl (C=O) groups excluding carboxylic acids is 1. The summed E-state index contributed by atoms with van der Waals surface area (Å²) in [6.45, 7) is 3.78. The van der Waals surface area contributed by atoms with Crippen LogP contribution in [-0.4, -0.2) is 37.8 Å². The van der Waals surface area contributed by atoms with Crippen molar-refractivity contribution in [2.45, 2.75) is 13.3 Å². The number of aromatic nitrogens is 1. The molecule has 0 saturated heterocycles. The van der Waals surface area contributed by atoms with Gasteiger partial charge in [-0.25, -0.2) is 0 Å². The summed E-state index contributed by atoms with van der Waals surface area (Å²) in [7, 11) is 1.64. The second-order valence-corrected chi connectivity index (χ2v) is 5.15. The Morgan fingerprint density at radius 1 is 1.17 bits per heavy atom. The van der Waals surface area contributed by atoms with Crippen LogP contribution in [0.25, 0.3) is 0 Å². The molecule has 1 heterocycles. The van der Waals surface area contributed by atoms with Crippen LogP contribution in [0.5, 0.6) is 5.75 Å². The number of methoxy groups -OCH3 is 1. The number of rotatable bonds is 9. The fraction of sp³-hybridized carbons (Fsp3) is 0.333. The molecule has 128 valence electrons. The Bertz CT molecular complexity index is 644. The van der Waals surface area contributed by atoms with E-state index in [0.717, 1.165) is 23.5 Å². The highest BCUT2D eigenvalue weighted by Gasteiger charge is 2.06. The smallest absolute Gasteiger partial charge is 0.252 e. The highest BCUT2D eigenvalue weighted by atomic mass is 16.5. The van der Waals surface area contributed by atoms with Gasteiger partial charge in [-0.2, -0.15) is 0 Å². The maximum atomic E-state index is 12.1. The molecule has 1 amide bonds. The number of nitrogens with one attached hydrogen (secondary N) is 2. The molecule has 0 unspecified atom stereocenters. The zero-order valence-corrected chi connectivity index (χ0v) is 14.0. The zero-order chi connectivity index (χ0) is 17.2. The highest BCUT2D eigenvalue weighted by molar-refractivity contribution is 5.94. The van der Waals surface area contributed by atoms with Gasteiger partial charge in [-0.1, -0.05) is 0 Å². The standard InChI is InChI=1S/C18H23N3O3/c1-3-24-17-7-5-15(6-8-17)21-16-11-14(12-19-13-16)18(22)20-9-4-10-23-2/h5-8,11-13,21H,3-4,9-10H2,1-2H3,(H,20,22). The van der Waals surface area contributed by atoms with Crippen molar-refractivity contribution < 1.29 is 14.3 Å². The predicted octanol–water partition coefficient (Wildman–Crippen LogP) is 2.99. The van der Waals surface area contributed by atoms with Crippen LogP contribution in [0.3, 0.4) is 0 Å². The molecule has 6 heteroatoms.